The van der Waals surface area contributed by atoms with Crippen molar-refractivity contribution in [2.45, 2.75) is 58.4 Å². The Balaban J connectivity index is 1.05. The average molecular weight is 464 g/mol. The number of allylic oxidation sites excluding steroid dienone is 5. The van der Waals surface area contributed by atoms with Crippen molar-refractivity contribution >= 4 is 11.6 Å². The van der Waals surface area contributed by atoms with Gasteiger partial charge in [-0.25, -0.2) is 5.01 Å². The maximum Gasteiger partial charge on any atom is 0.222 e. The zero-order chi connectivity index (χ0) is 23.5. The Labute approximate surface area is 205 Å². The largest absolute Gasteiger partial charge is 0.368 e. The van der Waals surface area contributed by atoms with Gasteiger partial charge in [0.15, 0.2) is 0 Å². The Bertz CT molecular complexity index is 921. The summed E-state index contributed by atoms with van der Waals surface area (Å²) in [7, 11) is 0. The van der Waals surface area contributed by atoms with Crippen molar-refractivity contribution in [1.29, 1.82) is 0 Å². The van der Waals surface area contributed by atoms with Crippen molar-refractivity contribution in [3.05, 3.63) is 47.2 Å². The third kappa shape index (κ3) is 5.38. The number of hydrazine groups is 1. The predicted octanol–water partition coefficient (Wildman–Crippen LogP) is 3.71. The Morgan fingerprint density at radius 1 is 1.21 bits per heavy atom. The van der Waals surface area contributed by atoms with E-state index < -0.39 is 0 Å². The molecule has 5 rings (SSSR count). The molecule has 4 heterocycles. The molecule has 2 atom stereocenters. The molecule has 1 N–H and O–H groups in total. The SMILES string of the molecule is CCN1CC(C2=NCC3C(=C2)C=CN3CC2CCN(C(=O)CCC3=CC=C(C)CC3)CC2)CN1. The average Bonchev–Trinajstić information content (AvgIpc) is 3.51. The molecule has 5 aliphatic rings. The van der Waals surface area contributed by atoms with Crippen LogP contribution >= 0.6 is 0 Å². The van der Waals surface area contributed by atoms with Gasteiger partial charge in [0.1, 0.15) is 0 Å². The van der Waals surface area contributed by atoms with Crippen LogP contribution in [0.3, 0.4) is 0 Å². The number of hydrogen-bond donors (Lipinski definition) is 1. The summed E-state index contributed by atoms with van der Waals surface area (Å²) in [5.41, 5.74) is 9.05. The Morgan fingerprint density at radius 3 is 2.79 bits per heavy atom. The summed E-state index contributed by atoms with van der Waals surface area (Å²) in [6.45, 7) is 11.3. The standard InChI is InChI=1S/C28H41N5O/c1-3-33-20-25(17-30-33)26-16-24-12-15-32(27(24)18-29-26)19-23-10-13-31(14-11-23)28(34)9-8-22-6-4-21(2)5-7-22/h4,6,12,15-16,23,25,27,30H,3,5,7-11,13-14,17-20H2,1-2H3. The number of likely N-dealkylation sites (tertiary alicyclic amines) is 1. The van der Waals surface area contributed by atoms with E-state index in [0.717, 1.165) is 77.9 Å². The minimum Gasteiger partial charge on any atom is -0.368 e. The number of hydrogen-bond acceptors (Lipinski definition) is 5. The van der Waals surface area contributed by atoms with Gasteiger partial charge in [0.2, 0.25) is 5.91 Å². The topological polar surface area (TPSA) is 51.2 Å². The fourth-order valence-corrected chi connectivity index (χ4v) is 5.94. The van der Waals surface area contributed by atoms with Crippen LogP contribution in [0, 0.1) is 11.8 Å². The van der Waals surface area contributed by atoms with Gasteiger partial charge in [-0.15, -0.1) is 0 Å². The number of fused-ring (bicyclic) bond motifs is 1. The number of nitrogens with zero attached hydrogens (tertiary/aromatic N) is 4. The molecule has 184 valence electrons. The minimum absolute atomic E-state index is 0.342. The lowest BCUT2D eigenvalue weighted by Gasteiger charge is -2.36. The van der Waals surface area contributed by atoms with E-state index in [-0.39, 0.29) is 0 Å². The molecule has 34 heavy (non-hydrogen) atoms. The number of nitrogens with one attached hydrogen (secondary N) is 1. The first-order valence-electron chi connectivity index (χ1n) is 13.4. The van der Waals surface area contributed by atoms with Gasteiger partial charge >= 0.3 is 0 Å². The van der Waals surface area contributed by atoms with E-state index in [4.69, 9.17) is 4.99 Å². The molecule has 0 spiro atoms. The van der Waals surface area contributed by atoms with Crippen molar-refractivity contribution < 1.29 is 4.79 Å². The van der Waals surface area contributed by atoms with Crippen molar-refractivity contribution in [2.75, 3.05) is 45.8 Å². The van der Waals surface area contributed by atoms with Crippen LogP contribution in [0.15, 0.2) is 52.2 Å². The molecular formula is C28H41N5O. The van der Waals surface area contributed by atoms with Gasteiger partial charge in [-0.3, -0.25) is 15.2 Å². The molecule has 4 aliphatic heterocycles. The molecule has 0 bridgehead atoms. The van der Waals surface area contributed by atoms with Crippen LogP contribution in [0.5, 0.6) is 0 Å². The summed E-state index contributed by atoms with van der Waals surface area (Å²) in [5, 5.41) is 2.29. The summed E-state index contributed by atoms with van der Waals surface area (Å²) in [5.74, 6) is 1.51. The highest BCUT2D eigenvalue weighted by molar-refractivity contribution is 5.99. The second kappa shape index (κ2) is 10.6. The molecule has 0 radical (unpaired) electrons. The number of amides is 1. The lowest BCUT2D eigenvalue weighted by Crippen LogP contribution is -2.43. The van der Waals surface area contributed by atoms with E-state index in [2.05, 4.69) is 64.6 Å². The van der Waals surface area contributed by atoms with Crippen LogP contribution in [0.1, 0.15) is 52.4 Å². The summed E-state index contributed by atoms with van der Waals surface area (Å²) in [4.78, 5) is 22.4. The second-order valence-corrected chi connectivity index (χ2v) is 10.7. The first-order valence-corrected chi connectivity index (χ1v) is 13.4. The molecule has 0 aromatic rings. The molecule has 0 aromatic heterocycles. The number of piperidine rings is 1. The summed E-state index contributed by atoms with van der Waals surface area (Å²) in [6.07, 6.45) is 17.5. The van der Waals surface area contributed by atoms with E-state index in [1.807, 2.05) is 0 Å². The normalized spacial score (nSPS) is 27.9. The summed E-state index contributed by atoms with van der Waals surface area (Å²) < 4.78 is 0. The first-order chi connectivity index (χ1) is 16.6. The lowest BCUT2D eigenvalue weighted by molar-refractivity contribution is -0.132. The molecule has 0 saturated carbocycles. The molecule has 0 aromatic carbocycles. The van der Waals surface area contributed by atoms with E-state index in [9.17, 15) is 4.79 Å². The fourth-order valence-electron chi connectivity index (χ4n) is 5.94. The molecule has 6 heteroatoms. The van der Waals surface area contributed by atoms with E-state index in [1.165, 1.54) is 22.4 Å². The quantitative estimate of drug-likeness (QED) is 0.625. The van der Waals surface area contributed by atoms with Gasteiger partial charge in [0.05, 0.1) is 12.6 Å². The van der Waals surface area contributed by atoms with Crippen LogP contribution in [-0.4, -0.2) is 78.3 Å². The Morgan fingerprint density at radius 2 is 2.06 bits per heavy atom. The summed E-state index contributed by atoms with van der Waals surface area (Å²) >= 11 is 0. The van der Waals surface area contributed by atoms with Crippen molar-refractivity contribution in [3.63, 3.8) is 0 Å². The smallest absolute Gasteiger partial charge is 0.222 e. The second-order valence-electron chi connectivity index (χ2n) is 10.7. The molecule has 2 saturated heterocycles. The number of dihydropyridines is 1. The minimum atomic E-state index is 0.342. The van der Waals surface area contributed by atoms with Crippen molar-refractivity contribution in [1.82, 2.24) is 20.2 Å². The lowest BCUT2D eigenvalue weighted by atomic mass is 9.93. The Kier molecular flexibility index (Phi) is 7.35. The van der Waals surface area contributed by atoms with Crippen LogP contribution in [0.2, 0.25) is 0 Å². The van der Waals surface area contributed by atoms with E-state index >= 15 is 0 Å². The van der Waals surface area contributed by atoms with Gasteiger partial charge in [0.25, 0.3) is 0 Å². The molecule has 6 nitrogen and oxygen atoms in total. The van der Waals surface area contributed by atoms with Crippen molar-refractivity contribution in [2.24, 2.45) is 16.8 Å². The number of carbonyl (C=O) groups excluding carboxylic acids is 1. The number of carbonyl (C=O) groups is 1. The van der Waals surface area contributed by atoms with Gasteiger partial charge < -0.3 is 9.80 Å². The number of aliphatic imine (C=N–C) groups is 1. The van der Waals surface area contributed by atoms with Crippen LogP contribution in [0.25, 0.3) is 0 Å². The molecule has 2 fully saturated rings. The van der Waals surface area contributed by atoms with Crippen LogP contribution < -0.4 is 5.43 Å². The van der Waals surface area contributed by atoms with Gasteiger partial charge in [-0.1, -0.05) is 30.2 Å². The molecular weight excluding hydrogens is 422 g/mol. The predicted molar refractivity (Wildman–Crippen MR) is 138 cm³/mol. The third-order valence-corrected chi connectivity index (χ3v) is 8.35. The van der Waals surface area contributed by atoms with Gasteiger partial charge in [-0.2, -0.15) is 0 Å². The molecule has 2 unspecified atom stereocenters. The molecule has 1 aliphatic carbocycles. The summed E-state index contributed by atoms with van der Waals surface area (Å²) in [6, 6.07) is 0.404. The van der Waals surface area contributed by atoms with E-state index in [0.29, 0.717) is 30.2 Å². The maximum atomic E-state index is 12.8. The zero-order valence-corrected chi connectivity index (χ0v) is 21.0. The highest BCUT2D eigenvalue weighted by atomic mass is 16.2. The zero-order valence-electron chi connectivity index (χ0n) is 21.0. The van der Waals surface area contributed by atoms with Crippen LogP contribution in [-0.2, 0) is 4.79 Å². The number of rotatable bonds is 7. The fraction of sp³-hybridized carbons (Fsp3) is 0.643. The Hall–Kier alpha value is -2.18. The maximum absolute atomic E-state index is 12.8. The highest BCUT2D eigenvalue weighted by Gasteiger charge is 2.33. The van der Waals surface area contributed by atoms with Crippen molar-refractivity contribution in [3.8, 4) is 0 Å². The first kappa shape index (κ1) is 23.6. The third-order valence-electron chi connectivity index (χ3n) is 8.35. The monoisotopic (exact) mass is 463 g/mol. The molecule has 1 amide bonds. The van der Waals surface area contributed by atoms with Gasteiger partial charge in [-0.05, 0) is 62.7 Å². The van der Waals surface area contributed by atoms with Crippen LogP contribution in [0.4, 0.5) is 0 Å². The van der Waals surface area contributed by atoms with E-state index in [1.54, 1.807) is 0 Å². The van der Waals surface area contributed by atoms with Gasteiger partial charge in [0, 0.05) is 63.5 Å². The highest BCUT2D eigenvalue weighted by Crippen LogP contribution is 2.29.